The normalized spacial score (nSPS) is 21.1. The number of rotatable bonds is 10. The Morgan fingerprint density at radius 3 is 2.44 bits per heavy atom. The van der Waals surface area contributed by atoms with Crippen LogP contribution in [-0.2, 0) is 17.8 Å². The minimum absolute atomic E-state index is 0.0359. The quantitative estimate of drug-likeness (QED) is 0.598. The van der Waals surface area contributed by atoms with Crippen LogP contribution in [0.2, 0.25) is 0 Å². The van der Waals surface area contributed by atoms with Crippen LogP contribution in [0.15, 0.2) is 24.5 Å². The molecule has 4 rings (SSSR count). The lowest BCUT2D eigenvalue weighted by Crippen LogP contribution is -2.35. The van der Waals surface area contributed by atoms with Gasteiger partial charge in [0.15, 0.2) is 0 Å². The summed E-state index contributed by atoms with van der Waals surface area (Å²) in [6, 6.07) is 2.41. The maximum Gasteiger partial charge on any atom is 0.225 e. The minimum atomic E-state index is -0.664. The zero-order chi connectivity index (χ0) is 22.5. The summed E-state index contributed by atoms with van der Waals surface area (Å²) in [7, 11) is 1.66. The molecule has 0 bridgehead atoms. The Balaban J connectivity index is 1.18. The molecule has 1 aromatic heterocycles. The van der Waals surface area contributed by atoms with Crippen LogP contribution in [0.1, 0.15) is 36.8 Å². The van der Waals surface area contributed by atoms with E-state index in [-0.39, 0.29) is 24.3 Å². The molecule has 8 heteroatoms. The van der Waals surface area contributed by atoms with Gasteiger partial charge in [-0.15, -0.1) is 0 Å². The predicted molar refractivity (Wildman–Crippen MR) is 117 cm³/mol. The summed E-state index contributed by atoms with van der Waals surface area (Å²) in [6.45, 7) is 2.62. The van der Waals surface area contributed by atoms with E-state index in [9.17, 15) is 8.78 Å². The molecule has 1 saturated carbocycles. The molecule has 2 fully saturated rings. The highest BCUT2D eigenvalue weighted by atomic mass is 19.1. The van der Waals surface area contributed by atoms with E-state index in [2.05, 4.69) is 14.9 Å². The molecule has 6 nitrogen and oxygen atoms in total. The van der Waals surface area contributed by atoms with Crippen molar-refractivity contribution in [2.45, 2.75) is 38.7 Å². The molecule has 2 aliphatic rings. The highest BCUT2D eigenvalue weighted by Crippen LogP contribution is 2.49. The van der Waals surface area contributed by atoms with Gasteiger partial charge in [0.25, 0.3) is 0 Å². The molecule has 1 saturated heterocycles. The summed E-state index contributed by atoms with van der Waals surface area (Å²) in [6.07, 6.45) is 7.98. The van der Waals surface area contributed by atoms with Crippen molar-refractivity contribution in [3.63, 3.8) is 0 Å². The van der Waals surface area contributed by atoms with Gasteiger partial charge < -0.3 is 19.5 Å². The van der Waals surface area contributed by atoms with Crippen molar-refractivity contribution in [2.24, 2.45) is 17.8 Å². The largest absolute Gasteiger partial charge is 0.493 e. The number of aromatic nitrogens is 2. The highest BCUT2D eigenvalue weighted by Gasteiger charge is 2.43. The van der Waals surface area contributed by atoms with E-state index in [1.165, 1.54) is 18.6 Å². The van der Waals surface area contributed by atoms with Crippen LogP contribution in [0.4, 0.5) is 14.7 Å². The summed E-state index contributed by atoms with van der Waals surface area (Å²) in [5, 5.41) is 8.90. The summed E-state index contributed by atoms with van der Waals surface area (Å²) < 4.78 is 38.6. The Hall–Kier alpha value is -2.32. The van der Waals surface area contributed by atoms with Crippen molar-refractivity contribution < 1.29 is 23.4 Å². The smallest absolute Gasteiger partial charge is 0.225 e. The van der Waals surface area contributed by atoms with Crippen molar-refractivity contribution in [1.82, 2.24) is 9.97 Å². The van der Waals surface area contributed by atoms with Gasteiger partial charge in [-0.25, -0.2) is 18.7 Å². The molecule has 1 aliphatic heterocycles. The van der Waals surface area contributed by atoms with E-state index in [0.29, 0.717) is 31.0 Å². The lowest BCUT2D eigenvalue weighted by Gasteiger charge is -2.32. The van der Waals surface area contributed by atoms with Gasteiger partial charge in [0.05, 0.1) is 13.2 Å². The number of aliphatic hydroxyl groups excluding tert-OH is 1. The van der Waals surface area contributed by atoms with E-state index in [0.717, 1.165) is 43.9 Å². The SMILES string of the molecule is COCc1cnc(N2CCC([C@H]3C[C@H]3CCOc3cc(F)c(CCO)c(F)c3)CC2)nc1. The monoisotopic (exact) mass is 447 g/mol. The zero-order valence-corrected chi connectivity index (χ0v) is 18.5. The summed E-state index contributed by atoms with van der Waals surface area (Å²) in [5.41, 5.74) is 0.880. The molecule has 174 valence electrons. The van der Waals surface area contributed by atoms with Crippen LogP contribution in [0, 0.1) is 29.4 Å². The number of benzene rings is 1. The fraction of sp³-hybridized carbons (Fsp3) is 0.583. The third-order valence-electron chi connectivity index (χ3n) is 6.64. The van der Waals surface area contributed by atoms with Gasteiger partial charge in [-0.3, -0.25) is 0 Å². The summed E-state index contributed by atoms with van der Waals surface area (Å²) in [5.74, 6) is 1.71. The van der Waals surface area contributed by atoms with E-state index in [4.69, 9.17) is 14.6 Å². The number of hydrogen-bond acceptors (Lipinski definition) is 6. The molecule has 2 aromatic rings. The predicted octanol–water partition coefficient (Wildman–Crippen LogP) is 3.76. The Kier molecular flexibility index (Phi) is 7.52. The van der Waals surface area contributed by atoms with Crippen molar-refractivity contribution in [3.05, 3.63) is 47.3 Å². The van der Waals surface area contributed by atoms with Crippen LogP contribution >= 0.6 is 0 Å². The van der Waals surface area contributed by atoms with Crippen LogP contribution in [0.25, 0.3) is 0 Å². The molecule has 1 N–H and O–H groups in total. The Morgan fingerprint density at radius 2 is 1.81 bits per heavy atom. The first-order valence-electron chi connectivity index (χ1n) is 11.4. The molecule has 2 heterocycles. The first kappa shape index (κ1) is 22.9. The fourth-order valence-electron chi connectivity index (χ4n) is 4.80. The number of piperidine rings is 1. The highest BCUT2D eigenvalue weighted by molar-refractivity contribution is 5.31. The van der Waals surface area contributed by atoms with Crippen LogP contribution < -0.4 is 9.64 Å². The van der Waals surface area contributed by atoms with Gasteiger partial charge in [-0.2, -0.15) is 0 Å². The Morgan fingerprint density at radius 1 is 1.12 bits per heavy atom. The van der Waals surface area contributed by atoms with Crippen molar-refractivity contribution in [2.75, 3.05) is 38.3 Å². The van der Waals surface area contributed by atoms with E-state index in [1.807, 2.05) is 12.4 Å². The number of anilines is 1. The van der Waals surface area contributed by atoms with Gasteiger partial charge in [0.1, 0.15) is 17.4 Å². The number of halogens is 2. The molecule has 32 heavy (non-hydrogen) atoms. The topological polar surface area (TPSA) is 67.7 Å². The first-order chi connectivity index (χ1) is 15.6. The lowest BCUT2D eigenvalue weighted by atomic mass is 9.90. The Bertz CT molecular complexity index is 866. The van der Waals surface area contributed by atoms with Crippen LogP contribution in [0.3, 0.4) is 0 Å². The molecule has 0 radical (unpaired) electrons. The molecule has 1 aromatic carbocycles. The Labute approximate surface area is 187 Å². The third-order valence-corrected chi connectivity index (χ3v) is 6.64. The van der Waals surface area contributed by atoms with E-state index in [1.54, 1.807) is 7.11 Å². The van der Waals surface area contributed by atoms with Crippen molar-refractivity contribution in [1.29, 1.82) is 0 Å². The van der Waals surface area contributed by atoms with Crippen LogP contribution in [0.5, 0.6) is 5.75 Å². The minimum Gasteiger partial charge on any atom is -0.493 e. The summed E-state index contributed by atoms with van der Waals surface area (Å²) in [4.78, 5) is 11.2. The molecule has 2 atom stereocenters. The second-order valence-electron chi connectivity index (χ2n) is 8.78. The molecular weight excluding hydrogens is 416 g/mol. The zero-order valence-electron chi connectivity index (χ0n) is 18.5. The maximum absolute atomic E-state index is 14.0. The average Bonchev–Trinajstić information content (AvgIpc) is 3.57. The molecule has 0 spiro atoms. The number of ether oxygens (including phenoxy) is 2. The number of methoxy groups -OCH3 is 1. The first-order valence-corrected chi connectivity index (χ1v) is 11.4. The van der Waals surface area contributed by atoms with Crippen molar-refractivity contribution in [3.8, 4) is 5.75 Å². The summed E-state index contributed by atoms with van der Waals surface area (Å²) >= 11 is 0. The molecule has 1 aliphatic carbocycles. The molecule has 0 unspecified atom stereocenters. The van der Waals surface area contributed by atoms with Gasteiger partial charge in [0.2, 0.25) is 5.95 Å². The maximum atomic E-state index is 14.0. The standard InChI is InChI=1S/C24H31F2N3O3/c1-31-15-16-13-27-24(28-14-16)29-6-2-17(3-7-29)21-10-18(21)5-9-32-19-11-22(25)20(4-8-30)23(26)12-19/h11-14,17-18,21,30H,2-10,15H2,1H3/t18-,21-/m1/s1. The van der Waals surface area contributed by atoms with Gasteiger partial charge >= 0.3 is 0 Å². The third kappa shape index (κ3) is 5.53. The number of hydrogen-bond donors (Lipinski definition) is 1. The van der Waals surface area contributed by atoms with E-state index < -0.39 is 11.6 Å². The second kappa shape index (κ2) is 10.5. The number of aliphatic hydroxyl groups is 1. The van der Waals surface area contributed by atoms with Gasteiger partial charge in [0, 0.05) is 68.9 Å². The lowest BCUT2D eigenvalue weighted by molar-refractivity contribution is 0.184. The molecular formula is C24H31F2N3O3. The second-order valence-corrected chi connectivity index (χ2v) is 8.78. The van der Waals surface area contributed by atoms with Crippen molar-refractivity contribution >= 4 is 5.95 Å². The number of nitrogens with zero attached hydrogens (tertiary/aromatic N) is 3. The fourth-order valence-corrected chi connectivity index (χ4v) is 4.80. The van der Waals surface area contributed by atoms with Crippen LogP contribution in [-0.4, -0.2) is 48.5 Å². The van der Waals surface area contributed by atoms with Gasteiger partial charge in [-0.1, -0.05) is 0 Å². The van der Waals surface area contributed by atoms with E-state index >= 15 is 0 Å². The van der Waals surface area contributed by atoms with Gasteiger partial charge in [-0.05, 0) is 43.4 Å². The molecule has 0 amide bonds. The average molecular weight is 448 g/mol.